The molecule has 122 valence electrons. The molecule has 1 aromatic heterocycles. The summed E-state index contributed by atoms with van der Waals surface area (Å²) in [5.74, 6) is -0.144. The van der Waals surface area contributed by atoms with Crippen molar-refractivity contribution in [3.63, 3.8) is 0 Å². The number of hydrogen-bond donors (Lipinski definition) is 1. The highest BCUT2D eigenvalue weighted by molar-refractivity contribution is 9.10. The van der Waals surface area contributed by atoms with Gasteiger partial charge in [-0.05, 0) is 42.5 Å². The minimum absolute atomic E-state index is 0.144. The Balaban J connectivity index is 1.70. The first-order valence-corrected chi connectivity index (χ1v) is 9.33. The van der Waals surface area contributed by atoms with Gasteiger partial charge in [0.2, 0.25) is 0 Å². The Morgan fingerprint density at radius 2 is 1.76 bits per heavy atom. The Labute approximate surface area is 157 Å². The van der Waals surface area contributed by atoms with Crippen LogP contribution in [0.5, 0.6) is 0 Å². The van der Waals surface area contributed by atoms with Gasteiger partial charge in [0.15, 0.2) is 0 Å². The molecule has 0 radical (unpaired) electrons. The van der Waals surface area contributed by atoms with E-state index >= 15 is 0 Å². The Kier molecular flexibility index (Phi) is 4.34. The maximum absolute atomic E-state index is 12.6. The molecule has 4 aromatic rings. The summed E-state index contributed by atoms with van der Waals surface area (Å²) in [6.07, 6.45) is 0. The minimum Gasteiger partial charge on any atom is -0.321 e. The molecule has 3 nitrogen and oxygen atoms in total. The highest BCUT2D eigenvalue weighted by atomic mass is 79.9. The van der Waals surface area contributed by atoms with Crippen molar-refractivity contribution in [2.75, 3.05) is 5.32 Å². The molecule has 5 heteroatoms. The molecule has 0 spiro atoms. The van der Waals surface area contributed by atoms with Gasteiger partial charge in [0.25, 0.3) is 5.91 Å². The van der Waals surface area contributed by atoms with Crippen molar-refractivity contribution in [3.05, 3.63) is 82.8 Å². The lowest BCUT2D eigenvalue weighted by atomic mass is 10.1. The van der Waals surface area contributed by atoms with Gasteiger partial charge in [0.05, 0.1) is 15.9 Å². The average Bonchev–Trinajstić information content (AvgIpc) is 3.06. The van der Waals surface area contributed by atoms with Crippen molar-refractivity contribution >= 4 is 49.1 Å². The lowest BCUT2D eigenvalue weighted by Crippen LogP contribution is -2.12. The second-order valence-electron chi connectivity index (χ2n) is 5.50. The normalized spacial score (nSPS) is 10.8. The van der Waals surface area contributed by atoms with Gasteiger partial charge in [-0.15, -0.1) is 11.3 Å². The molecule has 0 fully saturated rings. The molecule has 0 saturated heterocycles. The van der Waals surface area contributed by atoms with E-state index in [-0.39, 0.29) is 5.91 Å². The fraction of sp³-hybridized carbons (Fsp3) is 0. The fourth-order valence-electron chi connectivity index (χ4n) is 2.59. The number of aromatic nitrogens is 1. The SMILES string of the molecule is O=C(Nc1ccccc1-c1nc2ccccc2s1)c1cccc(Br)c1. The molecule has 0 atom stereocenters. The molecule has 1 amide bonds. The predicted molar refractivity (Wildman–Crippen MR) is 107 cm³/mol. The van der Waals surface area contributed by atoms with Gasteiger partial charge in [-0.1, -0.05) is 46.3 Å². The average molecular weight is 409 g/mol. The highest BCUT2D eigenvalue weighted by Crippen LogP contribution is 2.34. The summed E-state index contributed by atoms with van der Waals surface area (Å²) < 4.78 is 2.00. The molecule has 25 heavy (non-hydrogen) atoms. The zero-order chi connectivity index (χ0) is 17.2. The monoisotopic (exact) mass is 408 g/mol. The summed E-state index contributed by atoms with van der Waals surface area (Å²) in [6, 6.07) is 23.1. The Bertz CT molecular complexity index is 1040. The third kappa shape index (κ3) is 3.34. The van der Waals surface area contributed by atoms with Gasteiger partial charge in [-0.25, -0.2) is 4.98 Å². The number of anilines is 1. The van der Waals surface area contributed by atoms with E-state index in [0.29, 0.717) is 5.56 Å². The molecule has 0 saturated carbocycles. The summed E-state index contributed by atoms with van der Waals surface area (Å²) in [7, 11) is 0. The summed E-state index contributed by atoms with van der Waals surface area (Å²) in [5, 5.41) is 3.90. The van der Waals surface area contributed by atoms with Crippen molar-refractivity contribution in [2.24, 2.45) is 0 Å². The zero-order valence-corrected chi connectivity index (χ0v) is 15.5. The number of carbonyl (C=O) groups excluding carboxylic acids is 1. The molecule has 0 unspecified atom stereocenters. The Hall–Kier alpha value is -2.50. The number of nitrogens with one attached hydrogen (secondary N) is 1. The van der Waals surface area contributed by atoms with E-state index in [4.69, 9.17) is 4.98 Å². The summed E-state index contributed by atoms with van der Waals surface area (Å²) >= 11 is 5.02. The van der Waals surface area contributed by atoms with Crippen molar-refractivity contribution < 1.29 is 4.79 Å². The van der Waals surface area contributed by atoms with Crippen LogP contribution in [-0.2, 0) is 0 Å². The van der Waals surface area contributed by atoms with Crippen molar-refractivity contribution in [1.82, 2.24) is 4.98 Å². The largest absolute Gasteiger partial charge is 0.321 e. The van der Waals surface area contributed by atoms with Gasteiger partial charge in [-0.2, -0.15) is 0 Å². The van der Waals surface area contributed by atoms with Gasteiger partial charge in [0, 0.05) is 15.6 Å². The minimum atomic E-state index is -0.144. The number of hydrogen-bond acceptors (Lipinski definition) is 3. The number of halogens is 1. The molecule has 4 rings (SSSR count). The number of thiazole rings is 1. The molecule has 0 bridgehead atoms. The van der Waals surface area contributed by atoms with E-state index < -0.39 is 0 Å². The molecular formula is C20H13BrN2OS. The van der Waals surface area contributed by atoms with E-state index in [9.17, 15) is 4.79 Å². The smallest absolute Gasteiger partial charge is 0.255 e. The van der Waals surface area contributed by atoms with Crippen LogP contribution >= 0.6 is 27.3 Å². The third-order valence-electron chi connectivity index (χ3n) is 3.79. The van der Waals surface area contributed by atoms with Gasteiger partial charge < -0.3 is 5.32 Å². The topological polar surface area (TPSA) is 42.0 Å². The van der Waals surface area contributed by atoms with Crippen LogP contribution in [0.3, 0.4) is 0 Å². The first-order chi connectivity index (χ1) is 12.2. The Morgan fingerprint density at radius 3 is 2.60 bits per heavy atom. The van der Waals surface area contributed by atoms with Crippen LogP contribution in [0.4, 0.5) is 5.69 Å². The van der Waals surface area contributed by atoms with E-state index in [0.717, 1.165) is 30.9 Å². The molecule has 1 N–H and O–H groups in total. The fourth-order valence-corrected chi connectivity index (χ4v) is 3.99. The summed E-state index contributed by atoms with van der Waals surface area (Å²) in [4.78, 5) is 17.3. The number of rotatable bonds is 3. The maximum atomic E-state index is 12.6. The Morgan fingerprint density at radius 1 is 0.960 bits per heavy atom. The van der Waals surface area contributed by atoms with Crippen LogP contribution in [0.2, 0.25) is 0 Å². The molecular weight excluding hydrogens is 396 g/mol. The maximum Gasteiger partial charge on any atom is 0.255 e. The van der Waals surface area contributed by atoms with Crippen molar-refractivity contribution in [2.45, 2.75) is 0 Å². The van der Waals surface area contributed by atoms with E-state index in [2.05, 4.69) is 27.3 Å². The predicted octanol–water partition coefficient (Wildman–Crippen LogP) is 5.98. The number of benzene rings is 3. The zero-order valence-electron chi connectivity index (χ0n) is 13.1. The number of amides is 1. The molecule has 0 aliphatic rings. The van der Waals surface area contributed by atoms with E-state index in [1.165, 1.54) is 0 Å². The lowest BCUT2D eigenvalue weighted by Gasteiger charge is -2.09. The third-order valence-corrected chi connectivity index (χ3v) is 5.35. The molecule has 0 aliphatic heterocycles. The number of nitrogens with zero attached hydrogens (tertiary/aromatic N) is 1. The van der Waals surface area contributed by atoms with E-state index in [1.54, 1.807) is 23.5 Å². The van der Waals surface area contributed by atoms with Gasteiger partial charge in [0.1, 0.15) is 5.01 Å². The second-order valence-corrected chi connectivity index (χ2v) is 7.44. The van der Waals surface area contributed by atoms with Crippen LogP contribution in [0.15, 0.2) is 77.3 Å². The van der Waals surface area contributed by atoms with Crippen LogP contribution in [0.1, 0.15) is 10.4 Å². The molecule has 1 heterocycles. The van der Waals surface area contributed by atoms with Crippen LogP contribution in [0, 0.1) is 0 Å². The highest BCUT2D eigenvalue weighted by Gasteiger charge is 2.13. The quantitative estimate of drug-likeness (QED) is 0.453. The van der Waals surface area contributed by atoms with Crippen molar-refractivity contribution in [3.8, 4) is 10.6 Å². The molecule has 0 aliphatic carbocycles. The van der Waals surface area contributed by atoms with E-state index in [1.807, 2.05) is 54.6 Å². The van der Waals surface area contributed by atoms with Crippen LogP contribution < -0.4 is 5.32 Å². The van der Waals surface area contributed by atoms with Gasteiger partial charge >= 0.3 is 0 Å². The first kappa shape index (κ1) is 16.0. The van der Waals surface area contributed by atoms with Crippen LogP contribution in [-0.4, -0.2) is 10.9 Å². The summed E-state index contributed by atoms with van der Waals surface area (Å²) in [5.41, 5.74) is 3.25. The lowest BCUT2D eigenvalue weighted by molar-refractivity contribution is 0.102. The number of carbonyl (C=O) groups is 1. The molecule has 3 aromatic carbocycles. The first-order valence-electron chi connectivity index (χ1n) is 7.72. The number of fused-ring (bicyclic) bond motifs is 1. The van der Waals surface area contributed by atoms with Gasteiger partial charge in [-0.3, -0.25) is 4.79 Å². The standard InChI is InChI=1S/C20H13BrN2OS/c21-14-7-5-6-13(12-14)19(24)22-16-9-2-1-8-15(16)20-23-17-10-3-4-11-18(17)25-20/h1-12H,(H,22,24). The summed E-state index contributed by atoms with van der Waals surface area (Å²) in [6.45, 7) is 0. The van der Waals surface area contributed by atoms with Crippen LogP contribution in [0.25, 0.3) is 20.8 Å². The van der Waals surface area contributed by atoms with Crippen molar-refractivity contribution in [1.29, 1.82) is 0 Å². The number of para-hydroxylation sites is 2. The second kappa shape index (κ2) is 6.78.